The van der Waals surface area contributed by atoms with Crippen LogP contribution in [0.3, 0.4) is 0 Å². The van der Waals surface area contributed by atoms with Gasteiger partial charge in [0.05, 0.1) is 11.1 Å². The van der Waals surface area contributed by atoms with E-state index >= 15 is 0 Å². The van der Waals surface area contributed by atoms with Crippen molar-refractivity contribution in [1.82, 2.24) is 14.5 Å². The Labute approximate surface area is 125 Å². The molecule has 0 amide bonds. The molecule has 0 aliphatic carbocycles. The Balaban J connectivity index is 2.49. The summed E-state index contributed by atoms with van der Waals surface area (Å²) >= 11 is 0. The molecule has 0 saturated carbocycles. The van der Waals surface area contributed by atoms with E-state index in [-0.39, 0.29) is 6.54 Å². The molecule has 2 rings (SSSR count). The third-order valence-corrected chi connectivity index (χ3v) is 5.78. The Morgan fingerprint density at radius 3 is 2.52 bits per heavy atom. The number of nitrogen functional groups attached to an aromatic ring is 1. The SMILES string of the molecule is Cc1cc(N)c(C)c(S(=O)(=O)N(C)Cc2cn[nH]c2)c1C. The molecule has 0 aliphatic heterocycles. The van der Waals surface area contributed by atoms with Crippen LogP contribution in [0.15, 0.2) is 23.4 Å². The number of nitrogens with one attached hydrogen (secondary N) is 1. The Kier molecular flexibility index (Phi) is 4.06. The summed E-state index contributed by atoms with van der Waals surface area (Å²) in [6.07, 6.45) is 3.28. The van der Waals surface area contributed by atoms with Gasteiger partial charge in [-0.25, -0.2) is 8.42 Å². The number of benzene rings is 1. The van der Waals surface area contributed by atoms with Gasteiger partial charge in [0.25, 0.3) is 0 Å². The molecule has 3 N–H and O–H groups in total. The van der Waals surface area contributed by atoms with E-state index in [1.165, 1.54) is 4.31 Å². The maximum atomic E-state index is 12.8. The number of aryl methyl sites for hydroxylation is 1. The van der Waals surface area contributed by atoms with Crippen molar-refractivity contribution in [2.75, 3.05) is 12.8 Å². The number of hydrogen-bond donors (Lipinski definition) is 2. The number of aromatic amines is 1. The van der Waals surface area contributed by atoms with Crippen LogP contribution in [0.5, 0.6) is 0 Å². The van der Waals surface area contributed by atoms with Gasteiger partial charge in [0, 0.05) is 31.0 Å². The highest BCUT2D eigenvalue weighted by atomic mass is 32.2. The number of anilines is 1. The minimum atomic E-state index is -3.61. The molecule has 0 fully saturated rings. The molecule has 1 aromatic heterocycles. The van der Waals surface area contributed by atoms with Crippen LogP contribution in [0.1, 0.15) is 22.3 Å². The molecule has 0 unspecified atom stereocenters. The predicted octanol–water partition coefficient (Wildman–Crippen LogP) is 1.74. The second kappa shape index (κ2) is 5.50. The molecule has 0 bridgehead atoms. The van der Waals surface area contributed by atoms with Crippen molar-refractivity contribution in [3.8, 4) is 0 Å². The molecule has 7 heteroatoms. The van der Waals surface area contributed by atoms with Crippen LogP contribution >= 0.6 is 0 Å². The second-order valence-corrected chi connectivity index (χ2v) is 7.21. The number of nitrogens with two attached hydrogens (primary N) is 1. The molecule has 1 heterocycles. The van der Waals surface area contributed by atoms with Crippen LogP contribution < -0.4 is 5.73 Å². The Morgan fingerprint density at radius 2 is 1.95 bits per heavy atom. The highest BCUT2D eigenvalue weighted by Crippen LogP contribution is 2.30. The average Bonchev–Trinajstić information content (AvgIpc) is 2.89. The molecule has 0 atom stereocenters. The minimum Gasteiger partial charge on any atom is -0.398 e. The number of rotatable bonds is 4. The quantitative estimate of drug-likeness (QED) is 0.841. The molecular weight excluding hydrogens is 288 g/mol. The van der Waals surface area contributed by atoms with Crippen LogP contribution in [0.4, 0.5) is 5.69 Å². The van der Waals surface area contributed by atoms with E-state index in [4.69, 9.17) is 5.73 Å². The van der Waals surface area contributed by atoms with E-state index in [9.17, 15) is 8.42 Å². The van der Waals surface area contributed by atoms with Crippen molar-refractivity contribution in [3.63, 3.8) is 0 Å². The third kappa shape index (κ3) is 2.79. The van der Waals surface area contributed by atoms with Gasteiger partial charge in [0.1, 0.15) is 0 Å². The van der Waals surface area contributed by atoms with Crippen molar-refractivity contribution in [2.24, 2.45) is 0 Å². The largest absolute Gasteiger partial charge is 0.398 e. The Bertz CT molecular complexity index is 726. The molecule has 2 aromatic rings. The predicted molar refractivity (Wildman–Crippen MR) is 82.3 cm³/mol. The van der Waals surface area contributed by atoms with Gasteiger partial charge >= 0.3 is 0 Å². The Hall–Kier alpha value is -1.86. The molecule has 114 valence electrons. The molecular formula is C14H20N4O2S. The summed E-state index contributed by atoms with van der Waals surface area (Å²) in [7, 11) is -2.05. The van der Waals surface area contributed by atoms with Gasteiger partial charge in [-0.05, 0) is 43.5 Å². The van der Waals surface area contributed by atoms with Gasteiger partial charge in [-0.15, -0.1) is 0 Å². The van der Waals surface area contributed by atoms with Gasteiger partial charge in [0.2, 0.25) is 10.0 Å². The van der Waals surface area contributed by atoms with Gasteiger partial charge < -0.3 is 5.73 Å². The fraction of sp³-hybridized carbons (Fsp3) is 0.357. The van der Waals surface area contributed by atoms with E-state index in [1.807, 2.05) is 6.92 Å². The fourth-order valence-corrected chi connectivity index (χ4v) is 3.97. The first-order chi connectivity index (χ1) is 9.75. The lowest BCUT2D eigenvalue weighted by atomic mass is 10.1. The monoisotopic (exact) mass is 308 g/mol. The molecule has 1 aromatic carbocycles. The molecule has 0 aliphatic rings. The Morgan fingerprint density at radius 1 is 1.29 bits per heavy atom. The number of sulfonamides is 1. The van der Waals surface area contributed by atoms with Gasteiger partial charge in [-0.1, -0.05) is 0 Å². The lowest BCUT2D eigenvalue weighted by Gasteiger charge is -2.21. The number of aromatic nitrogens is 2. The zero-order valence-electron chi connectivity index (χ0n) is 12.6. The number of hydrogen-bond acceptors (Lipinski definition) is 4. The molecule has 6 nitrogen and oxygen atoms in total. The van der Waals surface area contributed by atoms with E-state index in [0.29, 0.717) is 16.1 Å². The highest BCUT2D eigenvalue weighted by molar-refractivity contribution is 7.89. The lowest BCUT2D eigenvalue weighted by molar-refractivity contribution is 0.466. The van der Waals surface area contributed by atoms with E-state index in [1.54, 1.807) is 39.4 Å². The number of H-pyrrole nitrogens is 1. The molecule has 0 radical (unpaired) electrons. The minimum absolute atomic E-state index is 0.256. The van der Waals surface area contributed by atoms with Gasteiger partial charge in [0.15, 0.2) is 0 Å². The fourth-order valence-electron chi connectivity index (χ4n) is 2.29. The van der Waals surface area contributed by atoms with Crippen molar-refractivity contribution in [2.45, 2.75) is 32.2 Å². The molecule has 0 saturated heterocycles. The summed E-state index contributed by atoms with van der Waals surface area (Å²) < 4.78 is 27.0. The standard InChI is InChI=1S/C14H20N4O2S/c1-9-5-13(15)11(3)14(10(9)2)21(19,20)18(4)8-12-6-16-17-7-12/h5-7H,8,15H2,1-4H3,(H,16,17). The van der Waals surface area contributed by atoms with E-state index in [2.05, 4.69) is 10.2 Å². The van der Waals surface area contributed by atoms with Crippen LogP contribution in [-0.4, -0.2) is 30.0 Å². The topological polar surface area (TPSA) is 92.1 Å². The summed E-state index contributed by atoms with van der Waals surface area (Å²) in [6.45, 7) is 5.66. The molecule has 0 spiro atoms. The summed E-state index contributed by atoms with van der Waals surface area (Å²) in [5.74, 6) is 0. The summed E-state index contributed by atoms with van der Waals surface area (Å²) in [5, 5.41) is 6.50. The van der Waals surface area contributed by atoms with E-state index < -0.39 is 10.0 Å². The first-order valence-electron chi connectivity index (χ1n) is 6.55. The van der Waals surface area contributed by atoms with Crippen molar-refractivity contribution in [3.05, 3.63) is 40.7 Å². The van der Waals surface area contributed by atoms with Gasteiger partial charge in [-0.2, -0.15) is 9.40 Å². The normalized spacial score (nSPS) is 12.0. The number of nitrogens with zero attached hydrogens (tertiary/aromatic N) is 2. The smallest absolute Gasteiger partial charge is 0.243 e. The third-order valence-electron chi connectivity index (χ3n) is 3.71. The zero-order valence-corrected chi connectivity index (χ0v) is 13.5. The summed E-state index contributed by atoms with van der Waals surface area (Å²) in [6, 6.07) is 1.81. The first-order valence-corrected chi connectivity index (χ1v) is 7.99. The highest BCUT2D eigenvalue weighted by Gasteiger charge is 2.27. The van der Waals surface area contributed by atoms with Crippen molar-refractivity contribution < 1.29 is 8.42 Å². The van der Waals surface area contributed by atoms with Crippen LogP contribution in [0, 0.1) is 20.8 Å². The van der Waals surface area contributed by atoms with Crippen LogP contribution in [0.2, 0.25) is 0 Å². The van der Waals surface area contributed by atoms with E-state index in [0.717, 1.165) is 16.7 Å². The molecule has 21 heavy (non-hydrogen) atoms. The van der Waals surface area contributed by atoms with Crippen molar-refractivity contribution in [1.29, 1.82) is 0 Å². The van der Waals surface area contributed by atoms with Crippen LogP contribution in [0.25, 0.3) is 0 Å². The zero-order chi connectivity index (χ0) is 15.8. The lowest BCUT2D eigenvalue weighted by Crippen LogP contribution is -2.28. The second-order valence-electron chi connectivity index (χ2n) is 5.23. The summed E-state index contributed by atoms with van der Waals surface area (Å²) in [5.41, 5.74) is 9.42. The maximum Gasteiger partial charge on any atom is 0.243 e. The van der Waals surface area contributed by atoms with Crippen molar-refractivity contribution >= 4 is 15.7 Å². The average molecular weight is 308 g/mol. The first kappa shape index (κ1) is 15.5. The summed E-state index contributed by atoms with van der Waals surface area (Å²) in [4.78, 5) is 0.297. The van der Waals surface area contributed by atoms with Crippen LogP contribution in [-0.2, 0) is 16.6 Å². The van der Waals surface area contributed by atoms with Gasteiger partial charge in [-0.3, -0.25) is 5.10 Å². The maximum absolute atomic E-state index is 12.8.